The van der Waals surface area contributed by atoms with Gasteiger partial charge >= 0.3 is 0 Å². The Hall–Kier alpha value is -2.89. The summed E-state index contributed by atoms with van der Waals surface area (Å²) >= 11 is 1.08. The molecular formula is C19H20N4O5S2. The van der Waals surface area contributed by atoms with E-state index in [1.54, 1.807) is 43.5 Å². The summed E-state index contributed by atoms with van der Waals surface area (Å²) in [5, 5.41) is 10.8. The number of rotatable bonds is 8. The highest BCUT2D eigenvalue weighted by Gasteiger charge is 2.18. The van der Waals surface area contributed by atoms with E-state index in [4.69, 9.17) is 9.15 Å². The molecule has 1 heterocycles. The summed E-state index contributed by atoms with van der Waals surface area (Å²) in [6.45, 7) is 0. The maximum Gasteiger partial charge on any atom is 0.277 e. The number of thioether (sulfide) groups is 1. The third-order valence-electron chi connectivity index (χ3n) is 3.97. The van der Waals surface area contributed by atoms with Crippen molar-refractivity contribution in [1.82, 2.24) is 14.5 Å². The van der Waals surface area contributed by atoms with Gasteiger partial charge < -0.3 is 14.5 Å². The van der Waals surface area contributed by atoms with E-state index in [-0.39, 0.29) is 21.8 Å². The average Bonchev–Trinajstić information content (AvgIpc) is 3.21. The molecule has 1 N–H and O–H groups in total. The number of hydrogen-bond acceptors (Lipinski definition) is 8. The minimum absolute atomic E-state index is 0.0227. The minimum Gasteiger partial charge on any atom is -0.497 e. The lowest BCUT2D eigenvalue weighted by Gasteiger charge is -2.12. The van der Waals surface area contributed by atoms with E-state index in [1.165, 1.54) is 26.2 Å². The number of carbonyl (C=O) groups excluding carboxylic acids is 1. The molecule has 11 heteroatoms. The number of ether oxygens (including phenoxy) is 1. The normalized spacial score (nSPS) is 11.5. The first-order valence-electron chi connectivity index (χ1n) is 8.73. The predicted octanol–water partition coefficient (Wildman–Crippen LogP) is 2.73. The van der Waals surface area contributed by atoms with Crippen LogP contribution in [0.15, 0.2) is 63.1 Å². The van der Waals surface area contributed by atoms with Crippen molar-refractivity contribution in [3.05, 3.63) is 48.5 Å². The van der Waals surface area contributed by atoms with Gasteiger partial charge in [0.25, 0.3) is 5.22 Å². The van der Waals surface area contributed by atoms with Crippen molar-refractivity contribution in [3.63, 3.8) is 0 Å². The highest BCUT2D eigenvalue weighted by molar-refractivity contribution is 7.99. The molecule has 1 amide bonds. The largest absolute Gasteiger partial charge is 0.497 e. The molecule has 0 aliphatic heterocycles. The van der Waals surface area contributed by atoms with Gasteiger partial charge in [-0.05, 0) is 42.5 Å². The van der Waals surface area contributed by atoms with Crippen molar-refractivity contribution >= 4 is 33.4 Å². The summed E-state index contributed by atoms with van der Waals surface area (Å²) < 4.78 is 36.2. The fourth-order valence-electron chi connectivity index (χ4n) is 2.39. The summed E-state index contributed by atoms with van der Waals surface area (Å²) in [4.78, 5) is 12.3. The van der Waals surface area contributed by atoms with E-state index in [9.17, 15) is 13.2 Å². The first-order chi connectivity index (χ1) is 14.3. The van der Waals surface area contributed by atoms with Gasteiger partial charge in [0, 0.05) is 25.3 Å². The number of amides is 1. The maximum atomic E-state index is 12.2. The SMILES string of the molecule is COc1ccc(-c2nnc(SCC(=O)Nc3cccc(S(=O)(=O)N(C)C)c3)o2)cc1. The van der Waals surface area contributed by atoms with Crippen molar-refractivity contribution in [2.75, 3.05) is 32.3 Å². The monoisotopic (exact) mass is 448 g/mol. The molecule has 0 radical (unpaired) electrons. The standard InChI is InChI=1S/C19H20N4O5S2/c1-23(2)30(25,26)16-6-4-5-14(11-16)20-17(24)12-29-19-22-21-18(28-19)13-7-9-15(27-3)10-8-13/h4-11H,12H2,1-3H3,(H,20,24). The van der Waals surface area contributed by atoms with Crippen LogP contribution in [0.2, 0.25) is 0 Å². The molecule has 0 saturated carbocycles. The number of sulfonamides is 1. The van der Waals surface area contributed by atoms with Crippen molar-refractivity contribution in [3.8, 4) is 17.2 Å². The predicted molar refractivity (Wildman–Crippen MR) is 113 cm³/mol. The summed E-state index contributed by atoms with van der Waals surface area (Å²) in [5.41, 5.74) is 1.12. The van der Waals surface area contributed by atoms with E-state index in [2.05, 4.69) is 15.5 Å². The van der Waals surface area contributed by atoms with Crippen LogP contribution in [0.5, 0.6) is 5.75 Å². The molecule has 0 saturated heterocycles. The van der Waals surface area contributed by atoms with E-state index in [0.717, 1.165) is 21.6 Å². The zero-order valence-electron chi connectivity index (χ0n) is 16.5. The van der Waals surface area contributed by atoms with Crippen LogP contribution in [0.25, 0.3) is 11.5 Å². The fourth-order valence-corrected chi connectivity index (χ4v) is 3.90. The molecule has 9 nitrogen and oxygen atoms in total. The number of carbonyl (C=O) groups is 1. The Morgan fingerprint density at radius 1 is 1.17 bits per heavy atom. The van der Waals surface area contributed by atoms with Gasteiger partial charge in [-0.15, -0.1) is 10.2 Å². The van der Waals surface area contributed by atoms with Crippen molar-refractivity contribution in [2.45, 2.75) is 10.1 Å². The quantitative estimate of drug-likeness (QED) is 0.523. The van der Waals surface area contributed by atoms with Crippen LogP contribution in [0.3, 0.4) is 0 Å². The molecule has 0 unspecified atom stereocenters. The zero-order valence-corrected chi connectivity index (χ0v) is 18.2. The van der Waals surface area contributed by atoms with Gasteiger partial charge in [0.2, 0.25) is 21.8 Å². The second-order valence-corrected chi connectivity index (χ2v) is 9.33. The number of hydrogen-bond donors (Lipinski definition) is 1. The molecule has 0 atom stereocenters. The van der Waals surface area contributed by atoms with Crippen LogP contribution < -0.4 is 10.1 Å². The highest BCUT2D eigenvalue weighted by Crippen LogP contribution is 2.25. The summed E-state index contributed by atoms with van der Waals surface area (Å²) in [6.07, 6.45) is 0. The zero-order chi connectivity index (χ0) is 21.7. The van der Waals surface area contributed by atoms with Gasteiger partial charge in [0.15, 0.2) is 0 Å². The Bertz CT molecular complexity index is 1130. The highest BCUT2D eigenvalue weighted by atomic mass is 32.2. The van der Waals surface area contributed by atoms with Crippen LogP contribution in [-0.2, 0) is 14.8 Å². The minimum atomic E-state index is -3.58. The molecule has 0 spiro atoms. The lowest BCUT2D eigenvalue weighted by Crippen LogP contribution is -2.22. The van der Waals surface area contributed by atoms with E-state index in [0.29, 0.717) is 17.3 Å². The number of nitrogens with zero attached hydrogens (tertiary/aromatic N) is 3. The molecule has 2 aromatic carbocycles. The Morgan fingerprint density at radius 2 is 1.90 bits per heavy atom. The van der Waals surface area contributed by atoms with Gasteiger partial charge in [-0.1, -0.05) is 17.8 Å². The third kappa shape index (κ3) is 5.17. The lowest BCUT2D eigenvalue weighted by molar-refractivity contribution is -0.113. The summed E-state index contributed by atoms with van der Waals surface area (Å²) in [7, 11) is 0.892. The van der Waals surface area contributed by atoms with E-state index >= 15 is 0 Å². The fraction of sp³-hybridized carbons (Fsp3) is 0.211. The summed E-state index contributed by atoms with van der Waals surface area (Å²) in [5.74, 6) is 0.743. The molecule has 3 rings (SSSR count). The smallest absolute Gasteiger partial charge is 0.277 e. The van der Waals surface area contributed by atoms with Crippen LogP contribution in [0.4, 0.5) is 5.69 Å². The second-order valence-electron chi connectivity index (χ2n) is 6.25. The topological polar surface area (TPSA) is 115 Å². The maximum absolute atomic E-state index is 12.2. The van der Waals surface area contributed by atoms with Crippen LogP contribution in [0, 0.1) is 0 Å². The van der Waals surface area contributed by atoms with Gasteiger partial charge in [-0.2, -0.15) is 0 Å². The van der Waals surface area contributed by atoms with Gasteiger partial charge in [-0.25, -0.2) is 12.7 Å². The molecule has 0 aliphatic carbocycles. The molecule has 30 heavy (non-hydrogen) atoms. The third-order valence-corrected chi connectivity index (χ3v) is 6.60. The molecular weight excluding hydrogens is 428 g/mol. The summed E-state index contributed by atoms with van der Waals surface area (Å²) in [6, 6.07) is 13.2. The Balaban J connectivity index is 1.60. The molecule has 0 fully saturated rings. The van der Waals surface area contributed by atoms with Gasteiger partial charge in [0.05, 0.1) is 17.8 Å². The Kier molecular flexibility index (Phi) is 6.75. The van der Waals surface area contributed by atoms with Crippen molar-refractivity contribution in [2.24, 2.45) is 0 Å². The molecule has 1 aromatic heterocycles. The number of aromatic nitrogens is 2. The number of anilines is 1. The average molecular weight is 449 g/mol. The molecule has 0 bridgehead atoms. The second kappa shape index (κ2) is 9.28. The van der Waals surface area contributed by atoms with Crippen molar-refractivity contribution < 1.29 is 22.4 Å². The Morgan fingerprint density at radius 3 is 2.57 bits per heavy atom. The van der Waals surface area contributed by atoms with Crippen LogP contribution in [-0.4, -0.2) is 55.8 Å². The van der Waals surface area contributed by atoms with Crippen molar-refractivity contribution in [1.29, 1.82) is 0 Å². The van der Waals surface area contributed by atoms with Crippen LogP contribution >= 0.6 is 11.8 Å². The molecule has 0 aliphatic rings. The molecule has 3 aromatic rings. The molecule has 158 valence electrons. The first kappa shape index (κ1) is 21.8. The van der Waals surface area contributed by atoms with Crippen LogP contribution in [0.1, 0.15) is 0 Å². The van der Waals surface area contributed by atoms with Gasteiger partial charge in [-0.3, -0.25) is 4.79 Å². The van der Waals surface area contributed by atoms with E-state index < -0.39 is 10.0 Å². The van der Waals surface area contributed by atoms with E-state index in [1.807, 2.05) is 0 Å². The number of benzene rings is 2. The number of methoxy groups -OCH3 is 1. The Labute approximate surface area is 178 Å². The number of nitrogens with one attached hydrogen (secondary N) is 1. The van der Waals surface area contributed by atoms with Gasteiger partial charge in [0.1, 0.15) is 5.75 Å². The first-order valence-corrected chi connectivity index (χ1v) is 11.2. The lowest BCUT2D eigenvalue weighted by atomic mass is 10.2.